The van der Waals surface area contributed by atoms with Crippen LogP contribution in [0, 0.1) is 6.92 Å². The molecule has 1 aliphatic carbocycles. The molecule has 0 amide bonds. The number of Topliss-reactive ketones (excluding diaryl/α,β-unsaturated/α-hetero) is 1. The molecule has 2 heterocycles. The maximum Gasteiger partial charge on any atom is 0.233 e. The molecule has 1 aliphatic heterocycles. The highest BCUT2D eigenvalue weighted by molar-refractivity contribution is 6.35. The van der Waals surface area contributed by atoms with E-state index in [1.807, 2.05) is 25.1 Å². The lowest BCUT2D eigenvalue weighted by atomic mass is 9.72. The van der Waals surface area contributed by atoms with E-state index in [-0.39, 0.29) is 23.4 Å². The van der Waals surface area contributed by atoms with Crippen LogP contribution in [-0.4, -0.2) is 16.0 Å². The van der Waals surface area contributed by atoms with Crippen LogP contribution in [0.4, 0.5) is 5.88 Å². The fourth-order valence-electron chi connectivity index (χ4n) is 4.50. The Morgan fingerprint density at radius 2 is 1.90 bits per heavy atom. The molecule has 0 spiro atoms. The summed E-state index contributed by atoms with van der Waals surface area (Å²) in [6.45, 7) is 1.86. The lowest BCUT2D eigenvalue weighted by molar-refractivity contribution is -0.116. The molecule has 0 bridgehead atoms. The van der Waals surface area contributed by atoms with Gasteiger partial charge in [0.2, 0.25) is 5.88 Å². The first kappa shape index (κ1) is 19.2. The molecular formula is C23H18Cl2N2O3. The molecule has 2 aliphatic rings. The number of allylic oxidation sites excluding steroid dienone is 2. The summed E-state index contributed by atoms with van der Waals surface area (Å²) in [5, 5.41) is 18.0. The first-order valence-electron chi connectivity index (χ1n) is 9.65. The van der Waals surface area contributed by atoms with Gasteiger partial charge in [0.05, 0.1) is 11.3 Å². The van der Waals surface area contributed by atoms with Crippen molar-refractivity contribution >= 4 is 34.9 Å². The smallest absolute Gasteiger partial charge is 0.233 e. The van der Waals surface area contributed by atoms with Crippen LogP contribution in [0.3, 0.4) is 0 Å². The minimum Gasteiger partial charge on any atom is -0.508 e. The van der Waals surface area contributed by atoms with E-state index in [0.29, 0.717) is 40.0 Å². The van der Waals surface area contributed by atoms with Crippen molar-refractivity contribution in [2.75, 3.05) is 5.32 Å². The third-order valence-corrected chi connectivity index (χ3v) is 6.46. The zero-order valence-electron chi connectivity index (χ0n) is 16.1. The van der Waals surface area contributed by atoms with E-state index in [9.17, 15) is 9.90 Å². The van der Waals surface area contributed by atoms with Crippen LogP contribution < -0.4 is 5.32 Å². The Balaban J connectivity index is 1.63. The average molecular weight is 441 g/mol. The van der Waals surface area contributed by atoms with Gasteiger partial charge in [0.25, 0.3) is 0 Å². The van der Waals surface area contributed by atoms with Gasteiger partial charge >= 0.3 is 0 Å². The highest BCUT2D eigenvalue weighted by Crippen LogP contribution is 2.50. The Labute approximate surface area is 183 Å². The van der Waals surface area contributed by atoms with Crippen LogP contribution in [0.1, 0.15) is 47.1 Å². The van der Waals surface area contributed by atoms with E-state index in [1.54, 1.807) is 24.3 Å². The minimum absolute atomic E-state index is 0.0104. The number of halogens is 2. The van der Waals surface area contributed by atoms with E-state index in [0.717, 1.165) is 22.4 Å². The molecule has 2 aromatic carbocycles. The number of nitrogens with zero attached hydrogens (tertiary/aromatic N) is 1. The Morgan fingerprint density at radius 3 is 2.63 bits per heavy atom. The molecule has 0 fully saturated rings. The van der Waals surface area contributed by atoms with E-state index in [2.05, 4.69) is 10.5 Å². The number of benzene rings is 2. The molecule has 152 valence electrons. The van der Waals surface area contributed by atoms with E-state index in [1.165, 1.54) is 0 Å². The molecule has 3 aromatic rings. The van der Waals surface area contributed by atoms with Gasteiger partial charge in [-0.3, -0.25) is 4.79 Å². The summed E-state index contributed by atoms with van der Waals surface area (Å²) in [6.07, 6.45) is 1.03. The number of anilines is 1. The van der Waals surface area contributed by atoms with Crippen molar-refractivity contribution in [2.24, 2.45) is 0 Å². The van der Waals surface area contributed by atoms with Crippen LogP contribution in [0.2, 0.25) is 10.0 Å². The second-order valence-corrected chi connectivity index (χ2v) is 8.59. The van der Waals surface area contributed by atoms with Crippen LogP contribution in [-0.2, 0) is 4.79 Å². The van der Waals surface area contributed by atoms with Crippen LogP contribution >= 0.6 is 23.2 Å². The van der Waals surface area contributed by atoms with Crippen molar-refractivity contribution in [1.29, 1.82) is 0 Å². The lowest BCUT2D eigenvalue weighted by Gasteiger charge is -2.34. The second-order valence-electron chi connectivity index (χ2n) is 7.75. The number of aryl methyl sites for hydroxylation is 1. The average Bonchev–Trinajstić information content (AvgIpc) is 3.08. The number of rotatable bonds is 2. The molecule has 2 N–H and O–H groups in total. The molecule has 0 radical (unpaired) electrons. The second kappa shape index (κ2) is 7.18. The van der Waals surface area contributed by atoms with Gasteiger partial charge in [0.1, 0.15) is 5.75 Å². The maximum absolute atomic E-state index is 13.4. The Bertz CT molecular complexity index is 1200. The summed E-state index contributed by atoms with van der Waals surface area (Å²) in [7, 11) is 0. The molecule has 0 saturated carbocycles. The van der Waals surface area contributed by atoms with Crippen molar-refractivity contribution in [3.05, 3.63) is 86.2 Å². The zero-order valence-corrected chi connectivity index (χ0v) is 17.6. The molecule has 5 nitrogen and oxygen atoms in total. The number of ketones is 1. The largest absolute Gasteiger partial charge is 0.508 e. The Hall–Kier alpha value is -2.76. The summed E-state index contributed by atoms with van der Waals surface area (Å²) in [6, 6.07) is 12.3. The Kier molecular flexibility index (Phi) is 4.60. The number of phenolic OH excluding ortho intramolecular Hbond substituents is 1. The van der Waals surface area contributed by atoms with Crippen molar-refractivity contribution in [3.63, 3.8) is 0 Å². The lowest BCUT2D eigenvalue weighted by Crippen LogP contribution is -2.29. The number of phenols is 1. The Morgan fingerprint density at radius 1 is 1.13 bits per heavy atom. The van der Waals surface area contributed by atoms with Crippen molar-refractivity contribution < 1.29 is 14.4 Å². The fraction of sp³-hybridized carbons (Fsp3) is 0.217. The van der Waals surface area contributed by atoms with Gasteiger partial charge in [-0.05, 0) is 54.7 Å². The maximum atomic E-state index is 13.4. The first-order valence-corrected chi connectivity index (χ1v) is 10.4. The third-order valence-electron chi connectivity index (χ3n) is 5.90. The number of hydrogen-bond acceptors (Lipinski definition) is 5. The molecule has 2 unspecified atom stereocenters. The number of nitrogens with one attached hydrogen (secondary N) is 1. The van der Waals surface area contributed by atoms with Gasteiger partial charge < -0.3 is 14.9 Å². The van der Waals surface area contributed by atoms with Gasteiger partial charge in [-0.15, -0.1) is 0 Å². The van der Waals surface area contributed by atoms with Crippen LogP contribution in [0.15, 0.2) is 58.3 Å². The summed E-state index contributed by atoms with van der Waals surface area (Å²) in [4.78, 5) is 13.4. The third kappa shape index (κ3) is 3.09. The number of carbonyl (C=O) groups excluding carboxylic acids is 1. The summed E-state index contributed by atoms with van der Waals surface area (Å²) < 4.78 is 5.53. The quantitative estimate of drug-likeness (QED) is 0.514. The zero-order chi connectivity index (χ0) is 21.0. The van der Waals surface area contributed by atoms with E-state index >= 15 is 0 Å². The molecule has 7 heteroatoms. The summed E-state index contributed by atoms with van der Waals surface area (Å²) >= 11 is 12.7. The minimum atomic E-state index is -0.361. The van der Waals surface area contributed by atoms with Gasteiger partial charge in [-0.2, -0.15) is 0 Å². The van der Waals surface area contributed by atoms with E-state index < -0.39 is 0 Å². The SMILES string of the molecule is Cc1noc2c1C(c1ccc(Cl)cc1Cl)C1=C(CC(c3ccc(O)cc3)CC1=O)N2. The number of fused-ring (bicyclic) bond motifs is 1. The van der Waals surface area contributed by atoms with Crippen molar-refractivity contribution in [3.8, 4) is 5.75 Å². The molecule has 30 heavy (non-hydrogen) atoms. The summed E-state index contributed by atoms with van der Waals surface area (Å²) in [5.41, 5.74) is 4.88. The van der Waals surface area contributed by atoms with Gasteiger partial charge in [0.15, 0.2) is 5.78 Å². The first-order chi connectivity index (χ1) is 14.4. The number of aromatic hydroxyl groups is 1. The molecule has 0 saturated heterocycles. The van der Waals surface area contributed by atoms with Crippen LogP contribution in [0.5, 0.6) is 5.75 Å². The molecule has 5 rings (SSSR count). The number of hydrogen-bond donors (Lipinski definition) is 2. The predicted molar refractivity (Wildman–Crippen MR) is 115 cm³/mol. The normalized spacial score (nSPS) is 20.6. The van der Waals surface area contributed by atoms with E-state index in [4.69, 9.17) is 27.7 Å². The summed E-state index contributed by atoms with van der Waals surface area (Å²) in [5.74, 6) is 0.457. The van der Waals surface area contributed by atoms with Crippen molar-refractivity contribution in [2.45, 2.75) is 31.6 Å². The topological polar surface area (TPSA) is 75.4 Å². The number of carbonyl (C=O) groups is 1. The van der Waals surface area contributed by atoms with Gasteiger partial charge in [0, 0.05) is 33.7 Å². The molecule has 1 aromatic heterocycles. The number of aromatic nitrogens is 1. The fourth-order valence-corrected chi connectivity index (χ4v) is 5.02. The highest BCUT2D eigenvalue weighted by atomic mass is 35.5. The standard InChI is InChI=1S/C23H18Cl2N2O3/c1-11-20-21(16-7-4-14(24)10-17(16)25)22-18(26-23(20)30-27-11)8-13(9-19(22)29)12-2-5-15(28)6-3-12/h2-7,10,13,21,26,28H,8-9H2,1H3. The van der Waals surface area contributed by atoms with Crippen LogP contribution in [0.25, 0.3) is 0 Å². The monoisotopic (exact) mass is 440 g/mol. The molecular weight excluding hydrogens is 423 g/mol. The molecule has 2 atom stereocenters. The van der Waals surface area contributed by atoms with Gasteiger partial charge in [-0.25, -0.2) is 0 Å². The predicted octanol–water partition coefficient (Wildman–Crippen LogP) is 5.95. The highest BCUT2D eigenvalue weighted by Gasteiger charge is 2.41. The van der Waals surface area contributed by atoms with Crippen molar-refractivity contribution in [1.82, 2.24) is 5.16 Å². The van der Waals surface area contributed by atoms with Gasteiger partial charge in [-0.1, -0.05) is 46.6 Å².